The minimum absolute atomic E-state index is 0.0853. The van der Waals surface area contributed by atoms with Gasteiger partial charge in [-0.3, -0.25) is 0 Å². The highest BCUT2D eigenvalue weighted by Crippen LogP contribution is 1.86. The number of rotatable bonds is 8. The number of carbonyl (C=O) groups is 1. The Hall–Kier alpha value is -1.07. The van der Waals surface area contributed by atoms with Gasteiger partial charge in [-0.1, -0.05) is 12.2 Å². The van der Waals surface area contributed by atoms with Crippen LogP contribution < -0.4 is 10.6 Å². The van der Waals surface area contributed by atoms with Crippen LogP contribution in [0.3, 0.4) is 0 Å². The van der Waals surface area contributed by atoms with E-state index < -0.39 is 0 Å². The van der Waals surface area contributed by atoms with E-state index >= 15 is 0 Å². The zero-order chi connectivity index (χ0) is 11.5. The van der Waals surface area contributed by atoms with Crippen LogP contribution >= 0.6 is 0 Å². The fourth-order valence-corrected chi connectivity index (χ4v) is 0.827. The summed E-state index contributed by atoms with van der Waals surface area (Å²) < 4.78 is 5.19. The Kier molecular flexibility index (Phi) is 8.81. The lowest BCUT2D eigenvalue weighted by atomic mass is 10.4. The second-order valence-electron chi connectivity index (χ2n) is 3.27. The first-order valence-electron chi connectivity index (χ1n) is 5.01. The van der Waals surface area contributed by atoms with Gasteiger partial charge in [-0.05, 0) is 13.3 Å². The Morgan fingerprint density at radius 1 is 1.40 bits per heavy atom. The summed E-state index contributed by atoms with van der Waals surface area (Å²) in [5.41, 5.74) is 0.961. The highest BCUT2D eigenvalue weighted by atomic mass is 16.5. The number of aliphatic hydroxyl groups excluding tert-OH is 1. The van der Waals surface area contributed by atoms with Gasteiger partial charge < -0.3 is 20.5 Å². The summed E-state index contributed by atoms with van der Waals surface area (Å²) in [5, 5.41) is 13.7. The van der Waals surface area contributed by atoms with Crippen molar-refractivity contribution < 1.29 is 14.6 Å². The number of hydrogen-bond acceptors (Lipinski definition) is 3. The van der Waals surface area contributed by atoms with Gasteiger partial charge in [-0.25, -0.2) is 4.79 Å². The van der Waals surface area contributed by atoms with Crippen LogP contribution in [0.2, 0.25) is 0 Å². The number of nitrogens with one attached hydrogen (secondary N) is 2. The summed E-state index contributed by atoms with van der Waals surface area (Å²) in [6.45, 7) is 7.60. The maximum Gasteiger partial charge on any atom is 0.314 e. The standard InChI is InChI=1S/C10H20N2O3/c1-9(2)8-15-7-5-12-10(14)11-4-3-6-13/h13H,1,3-8H2,2H3,(H2,11,12,14). The molecule has 0 aromatic heterocycles. The molecule has 0 bridgehead atoms. The van der Waals surface area contributed by atoms with Crippen molar-refractivity contribution in [2.45, 2.75) is 13.3 Å². The summed E-state index contributed by atoms with van der Waals surface area (Å²) in [6.07, 6.45) is 0.569. The number of urea groups is 1. The number of aliphatic hydroxyl groups is 1. The van der Waals surface area contributed by atoms with Crippen LogP contribution in [0, 0.1) is 0 Å². The fourth-order valence-electron chi connectivity index (χ4n) is 0.827. The van der Waals surface area contributed by atoms with Crippen molar-refractivity contribution >= 4 is 6.03 Å². The summed E-state index contributed by atoms with van der Waals surface area (Å²) in [7, 11) is 0. The number of hydrogen-bond donors (Lipinski definition) is 3. The first-order valence-corrected chi connectivity index (χ1v) is 5.01. The van der Waals surface area contributed by atoms with Crippen molar-refractivity contribution in [1.82, 2.24) is 10.6 Å². The third-order valence-corrected chi connectivity index (χ3v) is 1.50. The van der Waals surface area contributed by atoms with Crippen molar-refractivity contribution in [2.75, 3.05) is 32.9 Å². The molecule has 0 aliphatic heterocycles. The predicted octanol–water partition coefficient (Wildman–Crippen LogP) is 0.261. The fraction of sp³-hybridized carbons (Fsp3) is 0.700. The Morgan fingerprint density at radius 3 is 2.67 bits per heavy atom. The lowest BCUT2D eigenvalue weighted by molar-refractivity contribution is 0.158. The molecular formula is C10H20N2O3. The van der Waals surface area contributed by atoms with E-state index in [-0.39, 0.29) is 12.6 Å². The molecule has 0 atom stereocenters. The molecule has 0 saturated heterocycles. The molecule has 0 unspecified atom stereocenters. The maximum absolute atomic E-state index is 11.0. The molecule has 0 aromatic rings. The summed E-state index contributed by atoms with van der Waals surface area (Å²) in [4.78, 5) is 11.0. The molecular weight excluding hydrogens is 196 g/mol. The van der Waals surface area contributed by atoms with E-state index in [1.807, 2.05) is 6.92 Å². The first kappa shape index (κ1) is 13.9. The van der Waals surface area contributed by atoms with Gasteiger partial charge in [0.1, 0.15) is 0 Å². The zero-order valence-corrected chi connectivity index (χ0v) is 9.21. The van der Waals surface area contributed by atoms with Gasteiger partial charge in [-0.2, -0.15) is 0 Å². The molecule has 88 valence electrons. The molecule has 3 N–H and O–H groups in total. The molecule has 0 aliphatic carbocycles. The van der Waals surface area contributed by atoms with E-state index in [2.05, 4.69) is 17.2 Å². The maximum atomic E-state index is 11.0. The molecule has 2 amide bonds. The van der Waals surface area contributed by atoms with Gasteiger partial charge in [0.05, 0.1) is 13.2 Å². The molecule has 0 aliphatic rings. The normalized spacial score (nSPS) is 9.73. The molecule has 0 rings (SSSR count). The smallest absolute Gasteiger partial charge is 0.314 e. The lowest BCUT2D eigenvalue weighted by Crippen LogP contribution is -2.38. The monoisotopic (exact) mass is 216 g/mol. The van der Waals surface area contributed by atoms with Crippen LogP contribution in [0.25, 0.3) is 0 Å². The van der Waals surface area contributed by atoms with E-state index in [0.29, 0.717) is 32.7 Å². The van der Waals surface area contributed by atoms with Crippen molar-refractivity contribution in [3.63, 3.8) is 0 Å². The van der Waals surface area contributed by atoms with Crippen molar-refractivity contribution in [2.24, 2.45) is 0 Å². The largest absolute Gasteiger partial charge is 0.396 e. The second kappa shape index (κ2) is 9.48. The quantitative estimate of drug-likeness (QED) is 0.402. The molecule has 5 heteroatoms. The topological polar surface area (TPSA) is 70.6 Å². The minimum Gasteiger partial charge on any atom is -0.396 e. The molecule has 0 heterocycles. The van der Waals surface area contributed by atoms with Gasteiger partial charge in [0.25, 0.3) is 0 Å². The lowest BCUT2D eigenvalue weighted by Gasteiger charge is -2.07. The van der Waals surface area contributed by atoms with Crippen LogP contribution in [0.15, 0.2) is 12.2 Å². The molecule has 5 nitrogen and oxygen atoms in total. The van der Waals surface area contributed by atoms with Crippen LogP contribution in [0.5, 0.6) is 0 Å². The zero-order valence-electron chi connectivity index (χ0n) is 9.21. The SMILES string of the molecule is C=C(C)COCCNC(=O)NCCCO. The van der Waals surface area contributed by atoms with Gasteiger partial charge in [0, 0.05) is 19.7 Å². The molecule has 0 fully saturated rings. The predicted molar refractivity (Wildman–Crippen MR) is 58.7 cm³/mol. The highest BCUT2D eigenvalue weighted by Gasteiger charge is 1.97. The summed E-state index contributed by atoms with van der Waals surface area (Å²) >= 11 is 0. The summed E-state index contributed by atoms with van der Waals surface area (Å²) in [5.74, 6) is 0. The van der Waals surface area contributed by atoms with Crippen molar-refractivity contribution in [3.8, 4) is 0 Å². The van der Waals surface area contributed by atoms with E-state index in [1.165, 1.54) is 0 Å². The van der Waals surface area contributed by atoms with Crippen molar-refractivity contribution in [1.29, 1.82) is 0 Å². The number of amides is 2. The second-order valence-corrected chi connectivity index (χ2v) is 3.27. The van der Waals surface area contributed by atoms with E-state index in [9.17, 15) is 4.79 Å². The third kappa shape index (κ3) is 10.9. The van der Waals surface area contributed by atoms with E-state index in [4.69, 9.17) is 9.84 Å². The van der Waals surface area contributed by atoms with Crippen LogP contribution in [0.1, 0.15) is 13.3 Å². The minimum atomic E-state index is -0.234. The number of carbonyl (C=O) groups excluding carboxylic acids is 1. The Morgan fingerprint density at radius 2 is 2.07 bits per heavy atom. The van der Waals surface area contributed by atoms with Crippen LogP contribution in [-0.2, 0) is 4.74 Å². The highest BCUT2D eigenvalue weighted by molar-refractivity contribution is 5.73. The van der Waals surface area contributed by atoms with Gasteiger partial charge in [0.2, 0.25) is 0 Å². The van der Waals surface area contributed by atoms with Gasteiger partial charge in [-0.15, -0.1) is 0 Å². The number of ether oxygens (including phenoxy) is 1. The Labute approximate surface area is 90.5 Å². The average molecular weight is 216 g/mol. The van der Waals surface area contributed by atoms with Crippen molar-refractivity contribution in [3.05, 3.63) is 12.2 Å². The molecule has 0 radical (unpaired) electrons. The van der Waals surface area contributed by atoms with Crippen LogP contribution in [-0.4, -0.2) is 44.0 Å². The molecule has 15 heavy (non-hydrogen) atoms. The summed E-state index contributed by atoms with van der Waals surface area (Å²) in [6, 6.07) is -0.234. The van der Waals surface area contributed by atoms with Gasteiger partial charge >= 0.3 is 6.03 Å². The molecule has 0 aromatic carbocycles. The average Bonchev–Trinajstić information content (AvgIpc) is 2.17. The molecule has 0 saturated carbocycles. The van der Waals surface area contributed by atoms with E-state index in [0.717, 1.165) is 5.57 Å². The Bertz CT molecular complexity index is 195. The molecule has 0 spiro atoms. The Balaban J connectivity index is 3.20. The van der Waals surface area contributed by atoms with Crippen LogP contribution in [0.4, 0.5) is 4.79 Å². The first-order chi connectivity index (χ1) is 7.16. The third-order valence-electron chi connectivity index (χ3n) is 1.50. The van der Waals surface area contributed by atoms with Gasteiger partial charge in [0.15, 0.2) is 0 Å². The van der Waals surface area contributed by atoms with E-state index in [1.54, 1.807) is 0 Å².